The van der Waals surface area contributed by atoms with Crippen molar-refractivity contribution in [2.45, 2.75) is 43.5 Å². The molecule has 2 fully saturated rings. The summed E-state index contributed by atoms with van der Waals surface area (Å²) in [5, 5.41) is 7.00. The van der Waals surface area contributed by atoms with Crippen LogP contribution in [0.1, 0.15) is 48.1 Å². The highest BCUT2D eigenvalue weighted by Gasteiger charge is 2.37. The van der Waals surface area contributed by atoms with Crippen molar-refractivity contribution in [3.63, 3.8) is 0 Å². The average molecular weight is 488 g/mol. The van der Waals surface area contributed by atoms with Crippen LogP contribution >= 0.6 is 0 Å². The van der Waals surface area contributed by atoms with Crippen LogP contribution in [-0.4, -0.2) is 47.1 Å². The summed E-state index contributed by atoms with van der Waals surface area (Å²) < 4.78 is 59.9. The number of benzene rings is 2. The highest BCUT2D eigenvalue weighted by Crippen LogP contribution is 2.36. The highest BCUT2D eigenvalue weighted by molar-refractivity contribution is 7.89. The molecule has 2 aromatic carbocycles. The Morgan fingerprint density at radius 2 is 1.62 bits per heavy atom. The van der Waals surface area contributed by atoms with Gasteiger partial charge < -0.3 is 9.47 Å². The molecule has 0 saturated carbocycles. The van der Waals surface area contributed by atoms with Gasteiger partial charge in [0.2, 0.25) is 10.0 Å². The van der Waals surface area contributed by atoms with E-state index in [0.29, 0.717) is 32.5 Å². The lowest BCUT2D eigenvalue weighted by Gasteiger charge is -2.34. The molecule has 34 heavy (non-hydrogen) atoms. The molecule has 1 unspecified atom stereocenters. The molecule has 2 aliphatic rings. The summed E-state index contributed by atoms with van der Waals surface area (Å²) in [6.07, 6.45) is 6.08. The average Bonchev–Trinajstić information content (AvgIpc) is 3.38. The lowest BCUT2D eigenvalue weighted by molar-refractivity contribution is 0.354. The van der Waals surface area contributed by atoms with E-state index in [2.05, 4.69) is 10.2 Å². The van der Waals surface area contributed by atoms with Gasteiger partial charge in [-0.25, -0.2) is 17.2 Å². The first-order chi connectivity index (χ1) is 16.4. The fourth-order valence-electron chi connectivity index (χ4n) is 5.02. The van der Waals surface area contributed by atoms with Crippen LogP contribution in [0.3, 0.4) is 0 Å². The van der Waals surface area contributed by atoms with Crippen LogP contribution in [0.5, 0.6) is 0 Å². The third-order valence-electron chi connectivity index (χ3n) is 6.89. The molecule has 3 heterocycles. The number of hydrogen-bond donors (Lipinski definition) is 0. The van der Waals surface area contributed by atoms with E-state index >= 15 is 8.78 Å². The second kappa shape index (κ2) is 9.42. The minimum absolute atomic E-state index is 0.0536. The molecule has 180 valence electrons. The number of sulfonamides is 1. The Balaban J connectivity index is 1.31. The van der Waals surface area contributed by atoms with E-state index in [9.17, 15) is 8.42 Å². The van der Waals surface area contributed by atoms with Gasteiger partial charge in [0.15, 0.2) is 0 Å². The number of halogens is 2. The van der Waals surface area contributed by atoms with Crippen LogP contribution in [0.4, 0.5) is 14.5 Å². The molecule has 1 aromatic heterocycles. The van der Waals surface area contributed by atoms with Gasteiger partial charge in [0.1, 0.15) is 29.5 Å². The molecule has 0 bridgehead atoms. The van der Waals surface area contributed by atoms with Crippen LogP contribution in [0.15, 0.2) is 55.1 Å². The summed E-state index contributed by atoms with van der Waals surface area (Å²) in [6.45, 7) is 1.28. The highest BCUT2D eigenvalue weighted by atomic mass is 32.2. The quantitative estimate of drug-likeness (QED) is 0.543. The molecule has 0 aliphatic carbocycles. The van der Waals surface area contributed by atoms with Gasteiger partial charge in [0, 0.05) is 43.9 Å². The minimum atomic E-state index is -3.68. The van der Waals surface area contributed by atoms with Crippen LogP contribution in [0, 0.1) is 11.6 Å². The van der Waals surface area contributed by atoms with Crippen molar-refractivity contribution in [3.8, 4) is 0 Å². The molecule has 5 rings (SSSR count). The van der Waals surface area contributed by atoms with E-state index in [1.54, 1.807) is 24.8 Å². The number of hydrogen-bond acceptors (Lipinski definition) is 5. The number of rotatable bonds is 5. The Hall–Kier alpha value is -2.85. The van der Waals surface area contributed by atoms with Crippen molar-refractivity contribution in [2.75, 3.05) is 24.5 Å². The zero-order valence-electron chi connectivity index (χ0n) is 18.7. The molecule has 0 radical (unpaired) electrons. The standard InChI is InChI=1S/C24H27F2N5O2S/c25-21-14-23(29-11-8-20(9-12-29)30-16-27-28-17-30)22(26)13-19(21)15-31-10-4-7-24(34(31,32)33)18-5-2-1-3-6-18/h1-3,5-6,13-14,16-17,20,24H,4,7-12,15H2. The van der Waals surface area contributed by atoms with Gasteiger partial charge in [-0.3, -0.25) is 0 Å². The van der Waals surface area contributed by atoms with E-state index in [1.165, 1.54) is 10.4 Å². The zero-order chi connectivity index (χ0) is 23.7. The van der Waals surface area contributed by atoms with Gasteiger partial charge >= 0.3 is 0 Å². The SMILES string of the molecule is O=S1(=O)C(c2ccccc2)CCCN1Cc1cc(F)c(N2CCC(n3cnnc3)CC2)cc1F. The summed E-state index contributed by atoms with van der Waals surface area (Å²) in [7, 11) is -3.68. The number of aromatic nitrogens is 3. The van der Waals surface area contributed by atoms with Gasteiger partial charge in [0.25, 0.3) is 0 Å². The number of piperidine rings is 1. The van der Waals surface area contributed by atoms with Gasteiger partial charge in [-0.2, -0.15) is 4.31 Å². The lowest BCUT2D eigenvalue weighted by atomic mass is 10.0. The Morgan fingerprint density at radius 3 is 2.32 bits per heavy atom. The predicted molar refractivity (Wildman–Crippen MR) is 125 cm³/mol. The van der Waals surface area contributed by atoms with Crippen molar-refractivity contribution in [2.24, 2.45) is 0 Å². The van der Waals surface area contributed by atoms with E-state index in [0.717, 1.165) is 24.5 Å². The Labute approximate surface area is 198 Å². The van der Waals surface area contributed by atoms with Crippen LogP contribution in [0.2, 0.25) is 0 Å². The summed E-state index contributed by atoms with van der Waals surface area (Å²) in [6, 6.07) is 11.7. The first-order valence-corrected chi connectivity index (χ1v) is 13.0. The van der Waals surface area contributed by atoms with E-state index < -0.39 is 26.9 Å². The molecular weight excluding hydrogens is 460 g/mol. The summed E-state index contributed by atoms with van der Waals surface area (Å²) in [4.78, 5) is 1.84. The predicted octanol–water partition coefficient (Wildman–Crippen LogP) is 4.06. The van der Waals surface area contributed by atoms with Crippen LogP contribution < -0.4 is 4.90 Å². The van der Waals surface area contributed by atoms with Gasteiger partial charge in [-0.15, -0.1) is 10.2 Å². The second-order valence-corrected chi connectivity index (χ2v) is 11.1. The van der Waals surface area contributed by atoms with Gasteiger partial charge in [-0.1, -0.05) is 30.3 Å². The van der Waals surface area contributed by atoms with E-state index in [-0.39, 0.29) is 23.8 Å². The van der Waals surface area contributed by atoms with Gasteiger partial charge in [0.05, 0.1) is 5.69 Å². The Morgan fingerprint density at radius 1 is 0.912 bits per heavy atom. The third kappa shape index (κ3) is 4.44. The number of nitrogens with zero attached hydrogens (tertiary/aromatic N) is 5. The van der Waals surface area contributed by atoms with Crippen LogP contribution in [-0.2, 0) is 16.6 Å². The molecule has 0 N–H and O–H groups in total. The monoisotopic (exact) mass is 487 g/mol. The third-order valence-corrected chi connectivity index (χ3v) is 9.15. The zero-order valence-corrected chi connectivity index (χ0v) is 19.5. The Bertz CT molecular complexity index is 1230. The molecule has 0 spiro atoms. The van der Waals surface area contributed by atoms with Crippen molar-refractivity contribution in [1.82, 2.24) is 19.1 Å². The largest absolute Gasteiger partial charge is 0.369 e. The first kappa shape index (κ1) is 22.9. The molecule has 10 heteroatoms. The topological polar surface area (TPSA) is 71.3 Å². The fourth-order valence-corrected chi connectivity index (χ4v) is 7.05. The lowest BCUT2D eigenvalue weighted by Crippen LogP contribution is -2.39. The second-order valence-electron chi connectivity index (χ2n) is 8.94. The Kier molecular flexibility index (Phi) is 6.35. The first-order valence-electron chi connectivity index (χ1n) is 11.5. The minimum Gasteiger partial charge on any atom is -0.369 e. The normalized spacial score (nSPS) is 21.6. The maximum Gasteiger partial charge on any atom is 0.221 e. The summed E-state index contributed by atoms with van der Waals surface area (Å²) in [5.74, 6) is -1.12. The van der Waals surface area contributed by atoms with Crippen molar-refractivity contribution < 1.29 is 17.2 Å². The molecular formula is C24H27F2N5O2S. The molecule has 1 atom stereocenters. The number of anilines is 1. The van der Waals surface area contributed by atoms with Crippen molar-refractivity contribution in [3.05, 3.63) is 77.9 Å². The van der Waals surface area contributed by atoms with E-state index in [4.69, 9.17) is 0 Å². The summed E-state index contributed by atoms with van der Waals surface area (Å²) in [5.41, 5.74) is 0.995. The van der Waals surface area contributed by atoms with Crippen molar-refractivity contribution >= 4 is 15.7 Å². The smallest absolute Gasteiger partial charge is 0.221 e. The summed E-state index contributed by atoms with van der Waals surface area (Å²) >= 11 is 0. The molecule has 7 nitrogen and oxygen atoms in total. The van der Waals surface area contributed by atoms with Gasteiger partial charge in [-0.05, 0) is 37.3 Å². The molecule has 3 aromatic rings. The van der Waals surface area contributed by atoms with Crippen molar-refractivity contribution in [1.29, 1.82) is 0 Å². The maximum absolute atomic E-state index is 15.1. The molecule has 2 saturated heterocycles. The fraction of sp³-hybridized carbons (Fsp3) is 0.417. The molecule has 0 amide bonds. The van der Waals surface area contributed by atoms with Crippen LogP contribution in [0.25, 0.3) is 0 Å². The van der Waals surface area contributed by atoms with E-state index in [1.807, 2.05) is 27.7 Å². The maximum atomic E-state index is 15.1. The molecule has 2 aliphatic heterocycles.